The van der Waals surface area contributed by atoms with Crippen LogP contribution in [0.5, 0.6) is 0 Å². The van der Waals surface area contributed by atoms with Crippen LogP contribution in [0.15, 0.2) is 0 Å². The Kier molecular flexibility index (Phi) is 3.70. The van der Waals surface area contributed by atoms with Gasteiger partial charge in [-0.25, -0.2) is 0 Å². The number of carbonyl (C=O) groups is 1. The number of aliphatic hydroxyl groups excluding tert-OH is 1. The highest BCUT2D eigenvalue weighted by molar-refractivity contribution is 7.16. The lowest BCUT2D eigenvalue weighted by Gasteiger charge is -2.10. The van der Waals surface area contributed by atoms with Gasteiger partial charge in [-0.15, -0.1) is 9.24 Å². The molecule has 0 amide bonds. The first-order chi connectivity index (χ1) is 4.09. The van der Waals surface area contributed by atoms with Gasteiger partial charge >= 0.3 is 5.97 Å². The van der Waals surface area contributed by atoms with Crippen molar-refractivity contribution in [1.29, 1.82) is 0 Å². The summed E-state index contributed by atoms with van der Waals surface area (Å²) in [6, 6.07) is -1.16. The van der Waals surface area contributed by atoms with Crippen LogP contribution in [0, 0.1) is 0 Å². The molecule has 0 aromatic rings. The van der Waals surface area contributed by atoms with Gasteiger partial charge in [0.05, 0.1) is 6.10 Å². The fraction of sp³-hybridized carbons (Fsp3) is 0.750. The zero-order valence-corrected chi connectivity index (χ0v) is 5.97. The molecule has 3 atom stereocenters. The fourth-order valence-electron chi connectivity index (χ4n) is 0.311. The maximum absolute atomic E-state index is 10.0. The summed E-state index contributed by atoms with van der Waals surface area (Å²) < 4.78 is 0. The van der Waals surface area contributed by atoms with Crippen molar-refractivity contribution >= 4 is 15.2 Å². The van der Waals surface area contributed by atoms with Crippen LogP contribution in [-0.2, 0) is 4.79 Å². The minimum Gasteiger partial charge on any atom is -0.480 e. The van der Waals surface area contributed by atoms with Crippen molar-refractivity contribution < 1.29 is 15.0 Å². The SMILES string of the molecule is N[C@H](C(=O)O)[C@H](O)CP. The fourth-order valence-corrected chi connectivity index (χ4v) is 0.604. The van der Waals surface area contributed by atoms with E-state index in [1.54, 1.807) is 0 Å². The van der Waals surface area contributed by atoms with Gasteiger partial charge in [-0.1, -0.05) is 0 Å². The number of rotatable bonds is 3. The molecule has 0 bridgehead atoms. The molecule has 0 aromatic carbocycles. The van der Waals surface area contributed by atoms with Crippen LogP contribution in [0.25, 0.3) is 0 Å². The third kappa shape index (κ3) is 2.75. The summed E-state index contributed by atoms with van der Waals surface area (Å²) in [6.45, 7) is 0. The molecule has 4 nitrogen and oxygen atoms in total. The molecule has 0 aliphatic rings. The Balaban J connectivity index is 3.72. The topological polar surface area (TPSA) is 83.6 Å². The molecule has 5 heteroatoms. The lowest BCUT2D eigenvalue weighted by atomic mass is 10.2. The monoisotopic (exact) mass is 151 g/mol. The van der Waals surface area contributed by atoms with E-state index in [9.17, 15) is 4.79 Å². The average Bonchev–Trinajstić information content (AvgIpc) is 1.84. The smallest absolute Gasteiger partial charge is 0.323 e. The maximum atomic E-state index is 10.0. The van der Waals surface area contributed by atoms with Crippen molar-refractivity contribution in [1.82, 2.24) is 0 Å². The van der Waals surface area contributed by atoms with Crippen molar-refractivity contribution in [2.24, 2.45) is 5.73 Å². The third-order valence-electron chi connectivity index (χ3n) is 0.941. The molecular formula is C4H10NO3P. The van der Waals surface area contributed by atoms with Crippen molar-refractivity contribution in [2.45, 2.75) is 12.1 Å². The van der Waals surface area contributed by atoms with E-state index in [1.165, 1.54) is 0 Å². The van der Waals surface area contributed by atoms with Gasteiger partial charge in [-0.2, -0.15) is 0 Å². The van der Waals surface area contributed by atoms with Crippen LogP contribution in [0.4, 0.5) is 0 Å². The molecule has 0 aliphatic heterocycles. The van der Waals surface area contributed by atoms with E-state index >= 15 is 0 Å². The summed E-state index contributed by atoms with van der Waals surface area (Å²) in [5.74, 6) is -1.18. The van der Waals surface area contributed by atoms with Gasteiger partial charge in [-0.05, 0) is 6.16 Å². The summed E-state index contributed by atoms with van der Waals surface area (Å²) >= 11 is 0. The quantitative estimate of drug-likeness (QED) is 0.435. The van der Waals surface area contributed by atoms with Gasteiger partial charge in [0.2, 0.25) is 0 Å². The zero-order chi connectivity index (χ0) is 7.44. The summed E-state index contributed by atoms with van der Waals surface area (Å²) in [4.78, 5) is 10.0. The van der Waals surface area contributed by atoms with Gasteiger partial charge < -0.3 is 15.9 Å². The van der Waals surface area contributed by atoms with Crippen LogP contribution in [-0.4, -0.2) is 34.5 Å². The van der Waals surface area contributed by atoms with E-state index in [0.29, 0.717) is 0 Å². The molecule has 0 aliphatic carbocycles. The molecule has 0 aromatic heterocycles. The van der Waals surface area contributed by atoms with Crippen LogP contribution in [0.3, 0.4) is 0 Å². The highest BCUT2D eigenvalue weighted by Crippen LogP contribution is 1.94. The first kappa shape index (κ1) is 8.82. The first-order valence-electron chi connectivity index (χ1n) is 2.46. The number of hydrogen-bond donors (Lipinski definition) is 3. The van der Waals surface area contributed by atoms with Gasteiger partial charge in [0.1, 0.15) is 6.04 Å². The average molecular weight is 151 g/mol. The number of carboxylic acid groups (broad SMARTS) is 1. The van der Waals surface area contributed by atoms with Gasteiger partial charge in [0.25, 0.3) is 0 Å². The Morgan fingerprint density at radius 3 is 2.33 bits per heavy atom. The second-order valence-corrected chi connectivity index (χ2v) is 2.14. The predicted molar refractivity (Wildman–Crippen MR) is 36.2 cm³/mol. The van der Waals surface area contributed by atoms with Crippen LogP contribution >= 0.6 is 9.24 Å². The van der Waals surface area contributed by atoms with E-state index in [2.05, 4.69) is 9.24 Å². The minimum absolute atomic E-state index is 0.285. The Hall–Kier alpha value is -0.180. The Bertz CT molecular complexity index is 108. The summed E-state index contributed by atoms with van der Waals surface area (Å²) in [5.41, 5.74) is 5.01. The Labute approximate surface area is 55.3 Å². The third-order valence-corrected chi connectivity index (χ3v) is 1.42. The van der Waals surface area contributed by atoms with Gasteiger partial charge in [-0.3, -0.25) is 4.79 Å². The molecule has 4 N–H and O–H groups in total. The number of aliphatic carboxylic acids is 1. The normalized spacial score (nSPS) is 16.8. The molecule has 54 valence electrons. The molecule has 0 spiro atoms. The van der Waals surface area contributed by atoms with E-state index in [0.717, 1.165) is 0 Å². The predicted octanol–water partition coefficient (Wildman–Crippen LogP) is -1.37. The van der Waals surface area contributed by atoms with E-state index in [-0.39, 0.29) is 6.16 Å². The van der Waals surface area contributed by atoms with E-state index < -0.39 is 18.1 Å². The largest absolute Gasteiger partial charge is 0.480 e. The molecule has 0 fully saturated rings. The second kappa shape index (κ2) is 3.77. The summed E-state index contributed by atoms with van der Waals surface area (Å²) in [7, 11) is 2.21. The van der Waals surface area contributed by atoms with Crippen molar-refractivity contribution in [3.63, 3.8) is 0 Å². The van der Waals surface area contributed by atoms with Crippen LogP contribution < -0.4 is 5.73 Å². The van der Waals surface area contributed by atoms with Gasteiger partial charge in [0, 0.05) is 0 Å². The van der Waals surface area contributed by atoms with E-state index in [1.807, 2.05) is 0 Å². The summed E-state index contributed by atoms with van der Waals surface area (Å²) in [6.07, 6.45) is -0.680. The highest BCUT2D eigenvalue weighted by Gasteiger charge is 2.19. The molecule has 9 heavy (non-hydrogen) atoms. The molecule has 0 heterocycles. The van der Waals surface area contributed by atoms with Crippen LogP contribution in [0.1, 0.15) is 0 Å². The second-order valence-electron chi connectivity index (χ2n) is 1.67. The first-order valence-corrected chi connectivity index (χ1v) is 3.27. The number of hydrogen-bond acceptors (Lipinski definition) is 3. The zero-order valence-electron chi connectivity index (χ0n) is 4.82. The van der Waals surface area contributed by atoms with Crippen LogP contribution in [0.2, 0.25) is 0 Å². The summed E-state index contributed by atoms with van der Waals surface area (Å²) in [5, 5.41) is 17.0. The molecule has 0 saturated carbocycles. The lowest BCUT2D eigenvalue weighted by Crippen LogP contribution is -2.42. The standard InChI is InChI=1S/C4H10NO3P/c5-3(4(7)8)2(6)1-9/h2-3,6H,1,5,9H2,(H,7,8)/t2-,3+/m1/s1. The van der Waals surface area contributed by atoms with E-state index in [4.69, 9.17) is 15.9 Å². The number of carboxylic acids is 1. The molecule has 0 radical (unpaired) electrons. The minimum atomic E-state index is -1.18. The lowest BCUT2D eigenvalue weighted by molar-refractivity contribution is -0.140. The van der Waals surface area contributed by atoms with Crippen molar-refractivity contribution in [2.75, 3.05) is 6.16 Å². The molecule has 0 saturated heterocycles. The molecular weight excluding hydrogens is 141 g/mol. The van der Waals surface area contributed by atoms with Gasteiger partial charge in [0.15, 0.2) is 0 Å². The van der Waals surface area contributed by atoms with Crippen molar-refractivity contribution in [3.05, 3.63) is 0 Å². The Morgan fingerprint density at radius 2 is 2.22 bits per heavy atom. The van der Waals surface area contributed by atoms with Crippen molar-refractivity contribution in [3.8, 4) is 0 Å². The highest BCUT2D eigenvalue weighted by atomic mass is 31.0. The molecule has 0 rings (SSSR count). The molecule has 1 unspecified atom stereocenters. The maximum Gasteiger partial charge on any atom is 0.323 e. The number of aliphatic hydroxyl groups is 1. The Morgan fingerprint density at radius 1 is 1.78 bits per heavy atom. The number of nitrogens with two attached hydrogens (primary N) is 1.